The molecule has 0 aliphatic carbocycles. The van der Waals surface area contributed by atoms with E-state index in [2.05, 4.69) is 0 Å². The first-order valence-corrected chi connectivity index (χ1v) is 7.62. The smallest absolute Gasteiger partial charge is 0.261 e. The lowest BCUT2D eigenvalue weighted by Crippen LogP contribution is -1.93. The summed E-state index contributed by atoms with van der Waals surface area (Å²) in [7, 11) is 2.88. The van der Waals surface area contributed by atoms with E-state index in [1.165, 1.54) is 43.5 Å². The predicted molar refractivity (Wildman–Crippen MR) is 71.4 cm³/mol. The molecule has 3 nitrogen and oxygen atoms in total. The van der Waals surface area contributed by atoms with Crippen LogP contribution in [0.5, 0.6) is 5.75 Å². The summed E-state index contributed by atoms with van der Waals surface area (Å²) in [5, 5.41) is 0. The van der Waals surface area contributed by atoms with Gasteiger partial charge in [-0.25, -0.2) is 12.8 Å². The van der Waals surface area contributed by atoms with Crippen molar-refractivity contribution < 1.29 is 17.5 Å². The molecule has 2 rings (SSSR count). The number of methoxy groups -OCH3 is 1. The van der Waals surface area contributed by atoms with E-state index in [1.54, 1.807) is 6.07 Å². The summed E-state index contributed by atoms with van der Waals surface area (Å²) in [6, 6.07) is 10.1. The molecule has 0 saturated heterocycles. The van der Waals surface area contributed by atoms with Crippen LogP contribution in [0.3, 0.4) is 0 Å². The maximum Gasteiger partial charge on any atom is 0.261 e. The van der Waals surface area contributed by atoms with Crippen LogP contribution in [0.25, 0.3) is 11.1 Å². The van der Waals surface area contributed by atoms with Crippen molar-refractivity contribution in [2.75, 3.05) is 7.11 Å². The monoisotopic (exact) mass is 300 g/mol. The zero-order valence-electron chi connectivity index (χ0n) is 9.93. The molecule has 0 heterocycles. The van der Waals surface area contributed by atoms with Crippen LogP contribution < -0.4 is 4.74 Å². The highest BCUT2D eigenvalue weighted by molar-refractivity contribution is 8.13. The minimum Gasteiger partial charge on any atom is -0.496 e. The summed E-state index contributed by atoms with van der Waals surface area (Å²) in [5.74, 6) is -0.0673. The number of benzene rings is 2. The molecular weight excluding hydrogens is 291 g/mol. The summed E-state index contributed by atoms with van der Waals surface area (Å²) in [6.45, 7) is 0. The van der Waals surface area contributed by atoms with Crippen LogP contribution in [0.4, 0.5) is 4.39 Å². The molecule has 0 atom stereocenters. The molecule has 0 spiro atoms. The molecule has 0 N–H and O–H groups in total. The van der Waals surface area contributed by atoms with Gasteiger partial charge >= 0.3 is 0 Å². The maximum absolute atomic E-state index is 13.8. The van der Waals surface area contributed by atoms with Crippen molar-refractivity contribution in [3.05, 3.63) is 48.3 Å². The lowest BCUT2D eigenvalue weighted by Gasteiger charge is -2.09. The molecule has 0 unspecified atom stereocenters. The number of halogens is 2. The van der Waals surface area contributed by atoms with Crippen LogP contribution in [0.2, 0.25) is 0 Å². The van der Waals surface area contributed by atoms with Gasteiger partial charge in [-0.05, 0) is 29.8 Å². The molecule has 19 heavy (non-hydrogen) atoms. The van der Waals surface area contributed by atoms with E-state index in [9.17, 15) is 12.8 Å². The van der Waals surface area contributed by atoms with Crippen molar-refractivity contribution in [2.24, 2.45) is 0 Å². The van der Waals surface area contributed by atoms with Crippen LogP contribution in [0, 0.1) is 5.82 Å². The third-order valence-electron chi connectivity index (χ3n) is 2.62. The van der Waals surface area contributed by atoms with Crippen molar-refractivity contribution in [2.45, 2.75) is 4.90 Å². The van der Waals surface area contributed by atoms with Crippen molar-refractivity contribution >= 4 is 19.7 Å². The summed E-state index contributed by atoms with van der Waals surface area (Å²) in [5.41, 5.74) is 0.794. The SMILES string of the molecule is COc1cccc(F)c1-c1ccc(S(=O)(=O)Cl)cc1. The van der Waals surface area contributed by atoms with Crippen LogP contribution >= 0.6 is 10.7 Å². The molecule has 0 aliphatic heterocycles. The fourth-order valence-corrected chi connectivity index (χ4v) is 2.51. The summed E-state index contributed by atoms with van der Waals surface area (Å²) in [6.07, 6.45) is 0. The molecule has 0 aliphatic rings. The van der Waals surface area contributed by atoms with Gasteiger partial charge in [0.05, 0.1) is 17.6 Å². The third kappa shape index (κ3) is 2.88. The Morgan fingerprint density at radius 3 is 2.26 bits per heavy atom. The summed E-state index contributed by atoms with van der Waals surface area (Å²) < 4.78 is 41.2. The highest BCUT2D eigenvalue weighted by Gasteiger charge is 2.14. The van der Waals surface area contributed by atoms with Gasteiger partial charge in [0.1, 0.15) is 11.6 Å². The van der Waals surface area contributed by atoms with Gasteiger partial charge in [-0.15, -0.1) is 0 Å². The first kappa shape index (κ1) is 13.8. The summed E-state index contributed by atoms with van der Waals surface area (Å²) >= 11 is 0. The van der Waals surface area contributed by atoms with E-state index in [0.29, 0.717) is 11.3 Å². The minimum absolute atomic E-state index is 0.0341. The van der Waals surface area contributed by atoms with Crippen LogP contribution in [-0.2, 0) is 9.05 Å². The Morgan fingerprint density at radius 2 is 1.74 bits per heavy atom. The molecule has 0 saturated carbocycles. The zero-order valence-corrected chi connectivity index (χ0v) is 11.5. The number of hydrogen-bond acceptors (Lipinski definition) is 3. The minimum atomic E-state index is -3.78. The Labute approximate surface area is 115 Å². The molecule has 2 aromatic carbocycles. The van der Waals surface area contributed by atoms with Crippen molar-refractivity contribution in [1.29, 1.82) is 0 Å². The van der Waals surface area contributed by atoms with Crippen LogP contribution in [-0.4, -0.2) is 15.5 Å². The number of ether oxygens (including phenoxy) is 1. The second-order valence-corrected chi connectivity index (χ2v) is 6.35. The number of rotatable bonds is 3. The van der Waals surface area contributed by atoms with E-state index in [1.807, 2.05) is 0 Å². The summed E-state index contributed by atoms with van der Waals surface area (Å²) in [4.78, 5) is -0.0341. The molecule has 0 fully saturated rings. The Bertz CT molecular complexity index is 696. The lowest BCUT2D eigenvalue weighted by molar-refractivity contribution is 0.413. The zero-order chi connectivity index (χ0) is 14.0. The maximum atomic E-state index is 13.8. The van der Waals surface area contributed by atoms with Crippen LogP contribution in [0.15, 0.2) is 47.4 Å². The largest absolute Gasteiger partial charge is 0.496 e. The molecule has 6 heteroatoms. The van der Waals surface area contributed by atoms with Crippen molar-refractivity contribution in [3.63, 3.8) is 0 Å². The van der Waals surface area contributed by atoms with Gasteiger partial charge in [-0.1, -0.05) is 18.2 Å². The Morgan fingerprint density at radius 1 is 1.11 bits per heavy atom. The molecule has 0 amide bonds. The average Bonchev–Trinajstić information content (AvgIpc) is 2.37. The van der Waals surface area contributed by atoms with E-state index >= 15 is 0 Å². The molecule has 2 aromatic rings. The second-order valence-electron chi connectivity index (χ2n) is 3.78. The highest BCUT2D eigenvalue weighted by Crippen LogP contribution is 2.33. The normalized spacial score (nSPS) is 11.3. The quantitative estimate of drug-likeness (QED) is 0.816. The lowest BCUT2D eigenvalue weighted by atomic mass is 10.0. The van der Waals surface area contributed by atoms with Gasteiger partial charge in [-0.3, -0.25) is 0 Å². The second kappa shape index (κ2) is 5.19. The first-order chi connectivity index (χ1) is 8.93. The van der Waals surface area contributed by atoms with Gasteiger partial charge in [0.2, 0.25) is 0 Å². The first-order valence-electron chi connectivity index (χ1n) is 5.31. The van der Waals surface area contributed by atoms with Gasteiger partial charge in [-0.2, -0.15) is 0 Å². The fraction of sp³-hybridized carbons (Fsp3) is 0.0769. The standard InChI is InChI=1S/C13H10ClFO3S/c1-18-12-4-2-3-11(15)13(12)9-5-7-10(8-6-9)19(14,16)17/h2-8H,1H3. The average molecular weight is 301 g/mol. The van der Waals surface area contributed by atoms with E-state index in [0.717, 1.165) is 0 Å². The molecule has 100 valence electrons. The molecule has 0 aromatic heterocycles. The van der Waals surface area contributed by atoms with Gasteiger partial charge in [0.15, 0.2) is 0 Å². The molecule has 0 bridgehead atoms. The predicted octanol–water partition coefficient (Wildman–Crippen LogP) is 3.43. The van der Waals surface area contributed by atoms with Crippen molar-refractivity contribution in [1.82, 2.24) is 0 Å². The van der Waals surface area contributed by atoms with Gasteiger partial charge in [0.25, 0.3) is 9.05 Å². The molecule has 0 radical (unpaired) electrons. The third-order valence-corrected chi connectivity index (χ3v) is 3.99. The van der Waals surface area contributed by atoms with Crippen molar-refractivity contribution in [3.8, 4) is 16.9 Å². The molecular formula is C13H10ClFO3S. The van der Waals surface area contributed by atoms with E-state index < -0.39 is 14.9 Å². The van der Waals surface area contributed by atoms with E-state index in [4.69, 9.17) is 15.4 Å². The van der Waals surface area contributed by atoms with Gasteiger partial charge < -0.3 is 4.74 Å². The van der Waals surface area contributed by atoms with E-state index in [-0.39, 0.29) is 10.5 Å². The Balaban J connectivity index is 2.55. The van der Waals surface area contributed by atoms with Gasteiger partial charge in [0, 0.05) is 10.7 Å². The highest BCUT2D eigenvalue weighted by atomic mass is 35.7. The Hall–Kier alpha value is -1.59. The fourth-order valence-electron chi connectivity index (χ4n) is 1.74. The topological polar surface area (TPSA) is 43.4 Å². The Kier molecular flexibility index (Phi) is 3.78. The van der Waals surface area contributed by atoms with Crippen LogP contribution in [0.1, 0.15) is 0 Å². The number of hydrogen-bond donors (Lipinski definition) is 0.